The van der Waals surface area contributed by atoms with Gasteiger partial charge in [-0.1, -0.05) is 0 Å². The molecule has 1 heterocycles. The molecule has 0 amide bonds. The first kappa shape index (κ1) is 22.9. The number of aromatic nitrogens is 2. The average Bonchev–Trinajstić information content (AvgIpc) is 2.61. The van der Waals surface area contributed by atoms with Gasteiger partial charge in [0, 0.05) is 33.7 Å². The number of hydrogen-bond acceptors (Lipinski definition) is 7. The van der Waals surface area contributed by atoms with Gasteiger partial charge in [0.25, 0.3) is 0 Å². The molecular weight excluding hydrogens is 419 g/mol. The number of aryl methyl sites for hydroxylation is 1. The summed E-state index contributed by atoms with van der Waals surface area (Å²) in [4.78, 5) is 8.67. The Morgan fingerprint density at radius 3 is 2.58 bits per heavy atom. The van der Waals surface area contributed by atoms with E-state index in [9.17, 15) is 13.7 Å². The van der Waals surface area contributed by atoms with Crippen LogP contribution in [0.2, 0.25) is 0 Å². The highest BCUT2D eigenvalue weighted by atomic mass is 32.2. The number of rotatable bonds is 6. The molecule has 7 nitrogen and oxygen atoms in total. The highest BCUT2D eigenvalue weighted by Crippen LogP contribution is 2.34. The predicted molar refractivity (Wildman–Crippen MR) is 122 cm³/mol. The molecule has 0 spiro atoms. The van der Waals surface area contributed by atoms with E-state index >= 15 is 0 Å². The molecule has 3 rings (SSSR count). The minimum absolute atomic E-state index is 0.252. The number of aliphatic hydroxyl groups is 1. The first-order valence-corrected chi connectivity index (χ1v) is 12.0. The summed E-state index contributed by atoms with van der Waals surface area (Å²) in [6.45, 7) is 6.85. The van der Waals surface area contributed by atoms with Crippen molar-refractivity contribution in [2.75, 3.05) is 17.8 Å². The summed E-state index contributed by atoms with van der Waals surface area (Å²) in [7, 11) is -2.31. The van der Waals surface area contributed by atoms with Crippen LogP contribution in [-0.4, -0.2) is 43.5 Å². The third-order valence-electron chi connectivity index (χ3n) is 4.74. The molecule has 2 aromatic carbocycles. The summed E-state index contributed by atoms with van der Waals surface area (Å²) in [5.41, 5.74) is 1.44. The van der Waals surface area contributed by atoms with Crippen LogP contribution in [0.15, 0.2) is 41.0 Å². The predicted octanol–water partition coefficient (Wildman–Crippen LogP) is 4.72. The molecule has 0 saturated carbocycles. The standard InChI is InChI=1S/C22H27FN4O3S/c1-13-9-16(27-31(5,6)29)11-18-20(13)21(25-12-24-18)26-17-8-7-15(23)10-19(17)30-14(2)22(3,4)28/h7-12,14,28H,1-6H3,(H,24,25,26). The lowest BCUT2D eigenvalue weighted by atomic mass is 10.0. The zero-order valence-corrected chi connectivity index (χ0v) is 19.2. The Hall–Kier alpha value is -2.78. The van der Waals surface area contributed by atoms with Crippen molar-refractivity contribution in [1.29, 1.82) is 0 Å². The third kappa shape index (κ3) is 5.68. The molecule has 2 N–H and O–H groups in total. The van der Waals surface area contributed by atoms with Gasteiger partial charge < -0.3 is 15.2 Å². The van der Waals surface area contributed by atoms with Crippen LogP contribution < -0.4 is 10.1 Å². The average molecular weight is 447 g/mol. The van der Waals surface area contributed by atoms with Gasteiger partial charge in [-0.2, -0.15) is 4.36 Å². The van der Waals surface area contributed by atoms with Crippen molar-refractivity contribution in [1.82, 2.24) is 9.97 Å². The van der Waals surface area contributed by atoms with E-state index in [1.165, 1.54) is 18.5 Å². The van der Waals surface area contributed by atoms with Crippen molar-refractivity contribution in [3.63, 3.8) is 0 Å². The lowest BCUT2D eigenvalue weighted by Gasteiger charge is -2.27. The highest BCUT2D eigenvalue weighted by Gasteiger charge is 2.25. The van der Waals surface area contributed by atoms with Gasteiger partial charge in [-0.05, 0) is 57.5 Å². The number of halogens is 1. The van der Waals surface area contributed by atoms with Crippen LogP contribution in [0.3, 0.4) is 0 Å². The maximum atomic E-state index is 13.9. The van der Waals surface area contributed by atoms with Crippen LogP contribution in [-0.2, 0) is 9.73 Å². The Balaban J connectivity index is 2.06. The van der Waals surface area contributed by atoms with Crippen LogP contribution in [0.4, 0.5) is 21.6 Å². The normalized spacial score (nSPS) is 13.2. The van der Waals surface area contributed by atoms with Crippen LogP contribution >= 0.6 is 0 Å². The van der Waals surface area contributed by atoms with Gasteiger partial charge in [0.1, 0.15) is 29.8 Å². The van der Waals surface area contributed by atoms with Crippen molar-refractivity contribution in [3.8, 4) is 5.75 Å². The van der Waals surface area contributed by atoms with E-state index in [0.29, 0.717) is 22.7 Å². The Labute approximate surface area is 181 Å². The van der Waals surface area contributed by atoms with E-state index in [0.717, 1.165) is 10.9 Å². The summed E-state index contributed by atoms with van der Waals surface area (Å²) in [5.74, 6) is 0.304. The van der Waals surface area contributed by atoms with Crippen molar-refractivity contribution in [2.24, 2.45) is 4.36 Å². The fraction of sp³-hybridized carbons (Fsp3) is 0.364. The number of anilines is 2. The Morgan fingerprint density at radius 1 is 1.23 bits per heavy atom. The van der Waals surface area contributed by atoms with Crippen molar-refractivity contribution >= 4 is 37.8 Å². The topological polar surface area (TPSA) is 96.7 Å². The summed E-state index contributed by atoms with van der Waals surface area (Å²) >= 11 is 0. The Kier molecular flexibility index (Phi) is 6.20. The summed E-state index contributed by atoms with van der Waals surface area (Å²) < 4.78 is 36.1. The minimum Gasteiger partial charge on any atom is -0.485 e. The number of nitrogens with zero attached hydrogens (tertiary/aromatic N) is 3. The summed E-state index contributed by atoms with van der Waals surface area (Å²) in [5, 5.41) is 14.1. The monoisotopic (exact) mass is 446 g/mol. The van der Waals surface area contributed by atoms with Crippen LogP contribution in [0, 0.1) is 12.7 Å². The lowest BCUT2D eigenvalue weighted by molar-refractivity contribution is -0.0239. The second-order valence-electron chi connectivity index (χ2n) is 8.33. The van der Waals surface area contributed by atoms with Gasteiger partial charge in [0.15, 0.2) is 0 Å². The van der Waals surface area contributed by atoms with E-state index in [2.05, 4.69) is 19.6 Å². The molecule has 9 heteroatoms. The van der Waals surface area contributed by atoms with E-state index in [4.69, 9.17) is 4.74 Å². The SMILES string of the molecule is Cc1cc(N=S(C)(C)=O)cc2ncnc(Nc3ccc(F)cc3OC(C)C(C)(C)O)c12. The van der Waals surface area contributed by atoms with Gasteiger partial charge in [0.05, 0.1) is 22.5 Å². The quantitative estimate of drug-likeness (QED) is 0.569. The number of nitrogens with one attached hydrogen (secondary N) is 1. The number of ether oxygens (including phenoxy) is 1. The number of fused-ring (bicyclic) bond motifs is 1. The maximum absolute atomic E-state index is 13.9. The molecule has 0 saturated heterocycles. The molecule has 166 valence electrons. The van der Waals surface area contributed by atoms with Crippen molar-refractivity contribution in [3.05, 3.63) is 48.0 Å². The number of benzene rings is 2. The second kappa shape index (κ2) is 8.39. The molecule has 0 fully saturated rings. The second-order valence-corrected chi connectivity index (χ2v) is 10.9. The minimum atomic E-state index is -2.31. The molecule has 0 bridgehead atoms. The highest BCUT2D eigenvalue weighted by molar-refractivity contribution is 7.92. The smallest absolute Gasteiger partial charge is 0.146 e. The van der Waals surface area contributed by atoms with Gasteiger partial charge in [-0.15, -0.1) is 0 Å². The molecule has 1 aromatic heterocycles. The molecular formula is C22H27FN4O3S. The number of hydrogen-bond donors (Lipinski definition) is 2. The fourth-order valence-corrected chi connectivity index (χ4v) is 3.55. The molecule has 0 aliphatic carbocycles. The van der Waals surface area contributed by atoms with E-state index in [-0.39, 0.29) is 5.75 Å². The summed E-state index contributed by atoms with van der Waals surface area (Å²) in [6.07, 6.45) is 3.97. The van der Waals surface area contributed by atoms with E-state index in [1.807, 2.05) is 13.0 Å². The first-order chi connectivity index (χ1) is 14.3. The molecule has 1 unspecified atom stereocenters. The molecule has 0 aliphatic heterocycles. The van der Waals surface area contributed by atoms with Gasteiger partial charge >= 0.3 is 0 Å². The van der Waals surface area contributed by atoms with Crippen LogP contribution in [0.1, 0.15) is 26.3 Å². The van der Waals surface area contributed by atoms with Crippen LogP contribution in [0.25, 0.3) is 10.9 Å². The largest absolute Gasteiger partial charge is 0.485 e. The van der Waals surface area contributed by atoms with E-state index in [1.54, 1.807) is 45.4 Å². The first-order valence-electron chi connectivity index (χ1n) is 9.71. The van der Waals surface area contributed by atoms with E-state index < -0.39 is 27.3 Å². The zero-order valence-electron chi connectivity index (χ0n) is 18.4. The fourth-order valence-electron chi connectivity index (χ4n) is 2.93. The summed E-state index contributed by atoms with van der Waals surface area (Å²) in [6, 6.07) is 7.70. The molecule has 0 radical (unpaired) electrons. The van der Waals surface area contributed by atoms with Crippen molar-refractivity contribution in [2.45, 2.75) is 39.4 Å². The van der Waals surface area contributed by atoms with Gasteiger partial charge in [0.2, 0.25) is 0 Å². The van der Waals surface area contributed by atoms with Gasteiger partial charge in [-0.3, -0.25) is 0 Å². The molecule has 3 aromatic rings. The molecule has 0 aliphatic rings. The van der Waals surface area contributed by atoms with Gasteiger partial charge in [-0.25, -0.2) is 18.6 Å². The molecule has 31 heavy (non-hydrogen) atoms. The zero-order chi connectivity index (χ0) is 23.0. The Bertz CT molecular complexity index is 1240. The maximum Gasteiger partial charge on any atom is 0.146 e. The third-order valence-corrected chi connectivity index (χ3v) is 5.39. The van der Waals surface area contributed by atoms with Crippen molar-refractivity contribution < 1.29 is 18.4 Å². The Morgan fingerprint density at radius 2 is 1.94 bits per heavy atom. The molecule has 1 atom stereocenters. The lowest BCUT2D eigenvalue weighted by Crippen LogP contribution is -2.38. The van der Waals surface area contributed by atoms with Crippen LogP contribution in [0.5, 0.6) is 5.75 Å².